The first-order chi connectivity index (χ1) is 8.61. The third-order valence-electron chi connectivity index (χ3n) is 2.63. The highest BCUT2D eigenvalue weighted by molar-refractivity contribution is 9.10. The average Bonchev–Trinajstić information content (AvgIpc) is 2.35. The van der Waals surface area contributed by atoms with Gasteiger partial charge < -0.3 is 15.0 Å². The number of aromatic nitrogens is 1. The molecule has 0 spiro atoms. The Morgan fingerprint density at radius 2 is 2.17 bits per heavy atom. The van der Waals surface area contributed by atoms with E-state index < -0.39 is 0 Å². The van der Waals surface area contributed by atoms with Crippen LogP contribution < -0.4 is 16.0 Å². The predicted molar refractivity (Wildman–Crippen MR) is 74.9 cm³/mol. The van der Waals surface area contributed by atoms with Crippen LogP contribution in [0, 0.1) is 0 Å². The smallest absolute Gasteiger partial charge is 0.273 e. The molecule has 4 nitrogen and oxygen atoms in total. The zero-order valence-electron chi connectivity index (χ0n) is 9.89. The molecule has 2 aromatic rings. The van der Waals surface area contributed by atoms with Crippen LogP contribution in [-0.2, 0) is 6.54 Å². The number of ether oxygens (including phenoxy) is 1. The Bertz CT molecular complexity index is 623. The summed E-state index contributed by atoms with van der Waals surface area (Å²) in [4.78, 5) is 11.8. The third-order valence-corrected chi connectivity index (χ3v) is 3.13. The normalized spacial score (nSPS) is 10.3. The summed E-state index contributed by atoms with van der Waals surface area (Å²) in [6, 6.07) is 9.02. The maximum atomic E-state index is 11.8. The third kappa shape index (κ3) is 2.56. The first-order valence-corrected chi connectivity index (χ1v) is 6.18. The number of pyridine rings is 1. The van der Waals surface area contributed by atoms with E-state index in [1.807, 2.05) is 18.2 Å². The van der Waals surface area contributed by atoms with Gasteiger partial charge in [0.25, 0.3) is 5.56 Å². The molecule has 2 N–H and O–H groups in total. The van der Waals surface area contributed by atoms with Gasteiger partial charge in [-0.3, -0.25) is 4.79 Å². The lowest BCUT2D eigenvalue weighted by atomic mass is 10.2. The molecule has 0 amide bonds. The Hall–Kier alpha value is -1.75. The SMILES string of the molecule is COc1ccc(Br)cc1Cn1cccc(N)c1=O. The Labute approximate surface area is 113 Å². The molecule has 0 radical (unpaired) electrons. The van der Waals surface area contributed by atoms with Crippen molar-refractivity contribution in [3.8, 4) is 5.75 Å². The number of halogens is 1. The highest BCUT2D eigenvalue weighted by atomic mass is 79.9. The zero-order chi connectivity index (χ0) is 13.1. The molecule has 18 heavy (non-hydrogen) atoms. The molecular weight excluding hydrogens is 296 g/mol. The number of anilines is 1. The van der Waals surface area contributed by atoms with Crippen LogP contribution in [-0.4, -0.2) is 11.7 Å². The molecule has 0 bridgehead atoms. The maximum absolute atomic E-state index is 11.8. The molecule has 0 aliphatic carbocycles. The van der Waals surface area contributed by atoms with Crippen LogP contribution >= 0.6 is 15.9 Å². The molecule has 0 saturated carbocycles. The van der Waals surface area contributed by atoms with Gasteiger partial charge in [-0.25, -0.2) is 0 Å². The molecule has 1 aromatic carbocycles. The van der Waals surface area contributed by atoms with Gasteiger partial charge in [-0.15, -0.1) is 0 Å². The van der Waals surface area contributed by atoms with Crippen molar-refractivity contribution < 1.29 is 4.74 Å². The molecule has 94 valence electrons. The maximum Gasteiger partial charge on any atom is 0.273 e. The van der Waals surface area contributed by atoms with Crippen molar-refractivity contribution in [3.05, 3.63) is 56.9 Å². The molecule has 0 unspecified atom stereocenters. The Kier molecular flexibility index (Phi) is 3.72. The lowest BCUT2D eigenvalue weighted by Gasteiger charge is -2.11. The van der Waals surface area contributed by atoms with E-state index >= 15 is 0 Å². The van der Waals surface area contributed by atoms with Crippen LogP contribution in [0.5, 0.6) is 5.75 Å². The van der Waals surface area contributed by atoms with Crippen molar-refractivity contribution in [2.24, 2.45) is 0 Å². The summed E-state index contributed by atoms with van der Waals surface area (Å²) in [5.74, 6) is 0.743. The number of nitrogen functional groups attached to an aromatic ring is 1. The van der Waals surface area contributed by atoms with Crippen molar-refractivity contribution in [1.29, 1.82) is 0 Å². The summed E-state index contributed by atoms with van der Waals surface area (Å²) in [5, 5.41) is 0. The number of nitrogens with two attached hydrogens (primary N) is 1. The van der Waals surface area contributed by atoms with E-state index in [0.29, 0.717) is 6.54 Å². The summed E-state index contributed by atoms with van der Waals surface area (Å²) in [6.45, 7) is 0.423. The minimum Gasteiger partial charge on any atom is -0.496 e. The molecule has 0 aliphatic rings. The Balaban J connectivity index is 2.42. The second kappa shape index (κ2) is 5.27. The number of nitrogens with zero attached hydrogens (tertiary/aromatic N) is 1. The number of hydrogen-bond donors (Lipinski definition) is 1. The highest BCUT2D eigenvalue weighted by Crippen LogP contribution is 2.23. The topological polar surface area (TPSA) is 57.2 Å². The molecular formula is C13H13BrN2O2. The molecule has 0 fully saturated rings. The zero-order valence-corrected chi connectivity index (χ0v) is 11.5. The second-order valence-electron chi connectivity index (χ2n) is 3.85. The van der Waals surface area contributed by atoms with Crippen LogP contribution in [0.15, 0.2) is 45.8 Å². The van der Waals surface area contributed by atoms with E-state index in [0.717, 1.165) is 15.8 Å². The standard InChI is InChI=1S/C13H13BrN2O2/c1-18-12-5-4-10(14)7-9(12)8-16-6-2-3-11(15)13(16)17/h2-7H,8,15H2,1H3. The van der Waals surface area contributed by atoms with E-state index in [4.69, 9.17) is 10.5 Å². The van der Waals surface area contributed by atoms with Gasteiger partial charge in [0, 0.05) is 16.2 Å². The average molecular weight is 309 g/mol. The summed E-state index contributed by atoms with van der Waals surface area (Å²) < 4.78 is 7.77. The predicted octanol–water partition coefficient (Wildman–Crippen LogP) is 2.25. The molecule has 5 heteroatoms. The number of hydrogen-bond acceptors (Lipinski definition) is 3. The van der Waals surface area contributed by atoms with Crippen molar-refractivity contribution >= 4 is 21.6 Å². The molecule has 0 atom stereocenters. The molecule has 0 saturated heterocycles. The van der Waals surface area contributed by atoms with Crippen molar-refractivity contribution in [2.45, 2.75) is 6.54 Å². The van der Waals surface area contributed by atoms with Gasteiger partial charge in [0.15, 0.2) is 0 Å². The monoisotopic (exact) mass is 308 g/mol. The van der Waals surface area contributed by atoms with E-state index in [9.17, 15) is 4.79 Å². The number of benzene rings is 1. The molecule has 2 rings (SSSR count). The van der Waals surface area contributed by atoms with E-state index in [1.165, 1.54) is 0 Å². The summed E-state index contributed by atoms with van der Waals surface area (Å²) >= 11 is 3.40. The summed E-state index contributed by atoms with van der Waals surface area (Å²) in [6.07, 6.45) is 1.71. The minimum absolute atomic E-state index is 0.195. The highest BCUT2D eigenvalue weighted by Gasteiger charge is 2.06. The van der Waals surface area contributed by atoms with Gasteiger partial charge in [0.05, 0.1) is 19.3 Å². The van der Waals surface area contributed by atoms with Crippen LogP contribution in [0.4, 0.5) is 5.69 Å². The fourth-order valence-corrected chi connectivity index (χ4v) is 2.14. The van der Waals surface area contributed by atoms with E-state index in [-0.39, 0.29) is 11.2 Å². The van der Waals surface area contributed by atoms with Gasteiger partial charge in [0.1, 0.15) is 5.75 Å². The summed E-state index contributed by atoms with van der Waals surface area (Å²) in [7, 11) is 1.61. The van der Waals surface area contributed by atoms with Crippen molar-refractivity contribution in [1.82, 2.24) is 4.57 Å². The molecule has 1 aromatic heterocycles. The molecule has 1 heterocycles. The summed E-state index contributed by atoms with van der Waals surface area (Å²) in [5.41, 5.74) is 6.56. The van der Waals surface area contributed by atoms with Crippen molar-refractivity contribution in [2.75, 3.05) is 12.8 Å². The molecule has 0 aliphatic heterocycles. The van der Waals surface area contributed by atoms with Gasteiger partial charge in [-0.05, 0) is 30.3 Å². The van der Waals surface area contributed by atoms with Gasteiger partial charge in [-0.2, -0.15) is 0 Å². The largest absolute Gasteiger partial charge is 0.496 e. The Morgan fingerprint density at radius 3 is 2.89 bits per heavy atom. The fourth-order valence-electron chi connectivity index (χ4n) is 1.73. The van der Waals surface area contributed by atoms with E-state index in [2.05, 4.69) is 15.9 Å². The van der Waals surface area contributed by atoms with Crippen LogP contribution in [0.25, 0.3) is 0 Å². The Morgan fingerprint density at radius 1 is 1.39 bits per heavy atom. The second-order valence-corrected chi connectivity index (χ2v) is 4.77. The number of rotatable bonds is 3. The fraction of sp³-hybridized carbons (Fsp3) is 0.154. The van der Waals surface area contributed by atoms with Gasteiger partial charge in [-0.1, -0.05) is 15.9 Å². The minimum atomic E-state index is -0.195. The van der Waals surface area contributed by atoms with Gasteiger partial charge in [0.2, 0.25) is 0 Å². The number of methoxy groups -OCH3 is 1. The van der Waals surface area contributed by atoms with E-state index in [1.54, 1.807) is 30.0 Å². The lowest BCUT2D eigenvalue weighted by Crippen LogP contribution is -2.22. The first kappa shape index (κ1) is 12.7. The lowest BCUT2D eigenvalue weighted by molar-refractivity contribution is 0.408. The van der Waals surface area contributed by atoms with Crippen molar-refractivity contribution in [3.63, 3.8) is 0 Å². The van der Waals surface area contributed by atoms with Crippen LogP contribution in [0.3, 0.4) is 0 Å². The first-order valence-electron chi connectivity index (χ1n) is 5.39. The van der Waals surface area contributed by atoms with Gasteiger partial charge >= 0.3 is 0 Å². The van der Waals surface area contributed by atoms with Crippen LogP contribution in [0.1, 0.15) is 5.56 Å². The van der Waals surface area contributed by atoms with Crippen LogP contribution in [0.2, 0.25) is 0 Å². The quantitative estimate of drug-likeness (QED) is 0.946.